The number of aromatic nitrogens is 2. The molecule has 3 unspecified atom stereocenters. The summed E-state index contributed by atoms with van der Waals surface area (Å²) in [7, 11) is 0. The molecular weight excluding hydrogens is 308 g/mol. The smallest absolute Gasteiger partial charge is 0.316 e. The maximum atomic E-state index is 12.3. The van der Waals surface area contributed by atoms with Crippen molar-refractivity contribution in [3.63, 3.8) is 0 Å². The second kappa shape index (κ2) is 5.76. The molecule has 0 spiro atoms. The number of hydrogen-bond acceptors (Lipinski definition) is 5. The highest BCUT2D eigenvalue weighted by atomic mass is 32.2. The van der Waals surface area contributed by atoms with Crippen molar-refractivity contribution in [3.8, 4) is 0 Å². The van der Waals surface area contributed by atoms with Crippen molar-refractivity contribution in [1.29, 1.82) is 0 Å². The van der Waals surface area contributed by atoms with Crippen molar-refractivity contribution in [3.05, 3.63) is 17.5 Å². The molecule has 0 radical (unpaired) electrons. The van der Waals surface area contributed by atoms with E-state index in [4.69, 9.17) is 4.74 Å². The normalized spacial score (nSPS) is 31.3. The molecular formula is C18H26N2O2S. The Bertz CT molecular complexity index is 611. The van der Waals surface area contributed by atoms with Gasteiger partial charge in [-0.2, -0.15) is 0 Å². The van der Waals surface area contributed by atoms with E-state index in [1.165, 1.54) is 18.2 Å². The Balaban J connectivity index is 1.58. The minimum Gasteiger partial charge on any atom is -0.461 e. The standard InChI is InChI=1S/C18H26N2O2S/c1-11-8-12(2)20-16(19-11)23-10-15(21)22-14-9-13-6-7-18(14,5)17(13,3)4/h8,13-14H,6-7,9-10H2,1-5H3. The van der Waals surface area contributed by atoms with E-state index < -0.39 is 0 Å². The highest BCUT2D eigenvalue weighted by molar-refractivity contribution is 7.99. The summed E-state index contributed by atoms with van der Waals surface area (Å²) in [5.41, 5.74) is 2.24. The minimum atomic E-state index is -0.146. The molecule has 1 aromatic rings. The number of nitrogens with zero attached hydrogens (tertiary/aromatic N) is 2. The average Bonchev–Trinajstić information content (AvgIpc) is 2.77. The fraction of sp³-hybridized carbons (Fsp3) is 0.722. The monoisotopic (exact) mass is 334 g/mol. The molecule has 1 heterocycles. The lowest BCUT2D eigenvalue weighted by Gasteiger charge is -2.38. The lowest BCUT2D eigenvalue weighted by molar-refractivity contribution is -0.153. The Labute approximate surface area is 142 Å². The van der Waals surface area contributed by atoms with Crippen LogP contribution in [0.15, 0.2) is 11.2 Å². The average molecular weight is 334 g/mol. The number of thioether (sulfide) groups is 1. The maximum Gasteiger partial charge on any atom is 0.316 e. The largest absolute Gasteiger partial charge is 0.461 e. The Morgan fingerprint density at radius 1 is 1.30 bits per heavy atom. The summed E-state index contributed by atoms with van der Waals surface area (Å²) in [4.78, 5) is 21.0. The predicted octanol–water partition coefficient (Wildman–Crippen LogP) is 3.94. The summed E-state index contributed by atoms with van der Waals surface area (Å²) in [5.74, 6) is 0.814. The quantitative estimate of drug-likeness (QED) is 0.474. The molecule has 2 saturated carbocycles. The lowest BCUT2D eigenvalue weighted by Crippen LogP contribution is -2.38. The van der Waals surface area contributed by atoms with Crippen molar-refractivity contribution >= 4 is 17.7 Å². The van der Waals surface area contributed by atoms with Gasteiger partial charge in [0.05, 0.1) is 5.75 Å². The van der Waals surface area contributed by atoms with Crippen molar-refractivity contribution in [2.75, 3.05) is 5.75 Å². The van der Waals surface area contributed by atoms with Gasteiger partial charge < -0.3 is 4.74 Å². The molecule has 0 saturated heterocycles. The molecule has 0 aliphatic heterocycles. The van der Waals surface area contributed by atoms with E-state index in [2.05, 4.69) is 30.7 Å². The second-order valence-electron chi connectivity index (χ2n) is 7.81. The van der Waals surface area contributed by atoms with E-state index in [0.717, 1.165) is 24.2 Å². The number of aryl methyl sites for hydroxylation is 2. The third-order valence-electron chi connectivity index (χ3n) is 6.27. The highest BCUT2D eigenvalue weighted by Crippen LogP contribution is 2.66. The van der Waals surface area contributed by atoms with Crippen LogP contribution in [0.2, 0.25) is 0 Å². The first-order valence-electron chi connectivity index (χ1n) is 8.37. The topological polar surface area (TPSA) is 52.1 Å². The Kier molecular flexibility index (Phi) is 4.20. The summed E-state index contributed by atoms with van der Waals surface area (Å²) < 4.78 is 5.85. The summed E-state index contributed by atoms with van der Waals surface area (Å²) in [6.45, 7) is 10.8. The van der Waals surface area contributed by atoms with Crippen LogP contribution < -0.4 is 0 Å². The molecule has 3 atom stereocenters. The molecule has 5 heteroatoms. The molecule has 126 valence electrons. The first-order valence-corrected chi connectivity index (χ1v) is 9.35. The van der Waals surface area contributed by atoms with Gasteiger partial charge in [0.25, 0.3) is 0 Å². The Hall–Kier alpha value is -1.10. The Morgan fingerprint density at radius 2 is 1.96 bits per heavy atom. The van der Waals surface area contributed by atoms with Crippen LogP contribution in [0.3, 0.4) is 0 Å². The summed E-state index contributed by atoms with van der Waals surface area (Å²) >= 11 is 1.36. The zero-order chi connectivity index (χ0) is 16.8. The zero-order valence-electron chi connectivity index (χ0n) is 14.7. The summed E-state index contributed by atoms with van der Waals surface area (Å²) in [6, 6.07) is 1.93. The van der Waals surface area contributed by atoms with Crippen LogP contribution >= 0.6 is 11.8 Å². The number of carbonyl (C=O) groups is 1. The van der Waals surface area contributed by atoms with Gasteiger partial charge in [0, 0.05) is 16.8 Å². The molecule has 0 amide bonds. The van der Waals surface area contributed by atoms with Crippen molar-refractivity contribution in [1.82, 2.24) is 9.97 Å². The number of rotatable bonds is 4. The van der Waals surface area contributed by atoms with Gasteiger partial charge in [-0.05, 0) is 50.5 Å². The number of hydrogen-bond donors (Lipinski definition) is 0. The van der Waals surface area contributed by atoms with Crippen LogP contribution in [0.25, 0.3) is 0 Å². The van der Waals surface area contributed by atoms with Crippen LogP contribution in [0.4, 0.5) is 0 Å². The van der Waals surface area contributed by atoms with Crippen LogP contribution in [0.5, 0.6) is 0 Å². The van der Waals surface area contributed by atoms with E-state index >= 15 is 0 Å². The van der Waals surface area contributed by atoms with Gasteiger partial charge in [-0.1, -0.05) is 32.5 Å². The predicted molar refractivity (Wildman–Crippen MR) is 91.3 cm³/mol. The SMILES string of the molecule is Cc1cc(C)nc(SCC(=O)OC2CC3CCC2(C)C3(C)C)n1. The molecule has 1 aromatic heterocycles. The molecule has 2 aliphatic rings. The van der Waals surface area contributed by atoms with Crippen molar-refractivity contribution < 1.29 is 9.53 Å². The van der Waals surface area contributed by atoms with Gasteiger partial charge >= 0.3 is 5.97 Å². The number of fused-ring (bicyclic) bond motifs is 2. The Morgan fingerprint density at radius 3 is 2.48 bits per heavy atom. The van der Waals surface area contributed by atoms with E-state index in [0.29, 0.717) is 11.1 Å². The molecule has 0 N–H and O–H groups in total. The second-order valence-corrected chi connectivity index (χ2v) is 8.75. The maximum absolute atomic E-state index is 12.3. The van der Waals surface area contributed by atoms with Gasteiger partial charge in [-0.3, -0.25) is 4.79 Å². The van der Waals surface area contributed by atoms with Gasteiger partial charge in [-0.25, -0.2) is 9.97 Å². The molecule has 23 heavy (non-hydrogen) atoms. The molecule has 2 fully saturated rings. The van der Waals surface area contributed by atoms with Gasteiger partial charge in [0.2, 0.25) is 0 Å². The number of carbonyl (C=O) groups excluding carboxylic acids is 1. The fourth-order valence-electron chi connectivity index (χ4n) is 4.38. The first kappa shape index (κ1) is 16.7. The van der Waals surface area contributed by atoms with Gasteiger partial charge in [-0.15, -0.1) is 0 Å². The van der Waals surface area contributed by atoms with Crippen LogP contribution in [0.1, 0.15) is 51.4 Å². The van der Waals surface area contributed by atoms with E-state index in [1.807, 2.05) is 19.9 Å². The zero-order valence-corrected chi connectivity index (χ0v) is 15.5. The van der Waals surface area contributed by atoms with Crippen LogP contribution in [-0.4, -0.2) is 27.8 Å². The minimum absolute atomic E-state index is 0.0597. The molecule has 0 aromatic carbocycles. The van der Waals surface area contributed by atoms with Gasteiger partial charge in [0.1, 0.15) is 6.10 Å². The van der Waals surface area contributed by atoms with Crippen molar-refractivity contribution in [2.24, 2.45) is 16.7 Å². The molecule has 2 aliphatic carbocycles. The summed E-state index contributed by atoms with van der Waals surface area (Å²) in [5, 5.41) is 0.652. The highest BCUT2D eigenvalue weighted by Gasteiger charge is 2.62. The van der Waals surface area contributed by atoms with Crippen molar-refractivity contribution in [2.45, 2.75) is 65.1 Å². The molecule has 3 rings (SSSR count). The van der Waals surface area contributed by atoms with Gasteiger partial charge in [0.15, 0.2) is 5.16 Å². The first-order chi connectivity index (χ1) is 10.7. The van der Waals surface area contributed by atoms with Crippen LogP contribution in [0, 0.1) is 30.6 Å². The summed E-state index contributed by atoms with van der Waals surface area (Å²) in [6.07, 6.45) is 3.50. The van der Waals surface area contributed by atoms with E-state index in [1.54, 1.807) is 0 Å². The number of ether oxygens (including phenoxy) is 1. The van der Waals surface area contributed by atoms with E-state index in [9.17, 15) is 4.79 Å². The lowest BCUT2D eigenvalue weighted by atomic mass is 9.70. The van der Waals surface area contributed by atoms with Crippen LogP contribution in [-0.2, 0) is 9.53 Å². The number of esters is 1. The third kappa shape index (κ3) is 2.88. The fourth-order valence-corrected chi connectivity index (χ4v) is 5.11. The van der Waals surface area contributed by atoms with E-state index in [-0.39, 0.29) is 28.7 Å². The molecule has 4 nitrogen and oxygen atoms in total. The molecule has 2 bridgehead atoms. The third-order valence-corrected chi connectivity index (χ3v) is 7.09.